The number of piperidine rings is 1. The standard InChI is InChI=1S/C20H26N6O3/c1-14-11-25(12-17-22-23-18(13-29-2)26(14)17)20(28)16-5-9-24(10-6-16)19(27)15-3-7-21-8-4-15/h3-4,7-8,14,16H,5-6,9-13H2,1-2H3/t14-/m0/s1. The summed E-state index contributed by atoms with van der Waals surface area (Å²) in [4.78, 5) is 33.4. The Balaban J connectivity index is 1.37. The molecule has 154 valence electrons. The molecule has 0 spiro atoms. The van der Waals surface area contributed by atoms with Crippen LogP contribution in [0.25, 0.3) is 0 Å². The van der Waals surface area contributed by atoms with Crippen molar-refractivity contribution in [3.63, 3.8) is 0 Å². The summed E-state index contributed by atoms with van der Waals surface area (Å²) in [5, 5.41) is 8.46. The van der Waals surface area contributed by atoms with Gasteiger partial charge in [0.2, 0.25) is 5.91 Å². The summed E-state index contributed by atoms with van der Waals surface area (Å²) in [6.45, 7) is 4.77. The fourth-order valence-electron chi connectivity index (χ4n) is 4.27. The van der Waals surface area contributed by atoms with E-state index in [1.54, 1.807) is 31.6 Å². The molecule has 2 aromatic rings. The first kappa shape index (κ1) is 19.5. The van der Waals surface area contributed by atoms with Crippen molar-refractivity contribution in [2.45, 2.75) is 39.0 Å². The van der Waals surface area contributed by atoms with E-state index in [9.17, 15) is 9.59 Å². The van der Waals surface area contributed by atoms with Gasteiger partial charge in [0, 0.05) is 50.6 Å². The van der Waals surface area contributed by atoms with Crippen LogP contribution in [0.15, 0.2) is 24.5 Å². The van der Waals surface area contributed by atoms with Gasteiger partial charge in [-0.1, -0.05) is 0 Å². The van der Waals surface area contributed by atoms with E-state index in [1.165, 1.54) is 0 Å². The Bertz CT molecular complexity index is 876. The minimum Gasteiger partial charge on any atom is -0.377 e. The van der Waals surface area contributed by atoms with E-state index in [2.05, 4.69) is 26.7 Å². The lowest BCUT2D eigenvalue weighted by Crippen LogP contribution is -2.47. The molecule has 2 aliphatic heterocycles. The predicted octanol–water partition coefficient (Wildman–Crippen LogP) is 1.28. The van der Waals surface area contributed by atoms with Crippen LogP contribution in [0.3, 0.4) is 0 Å². The van der Waals surface area contributed by atoms with Crippen LogP contribution in [0, 0.1) is 5.92 Å². The second-order valence-electron chi connectivity index (χ2n) is 7.71. The van der Waals surface area contributed by atoms with E-state index < -0.39 is 0 Å². The van der Waals surface area contributed by atoms with E-state index in [0.717, 1.165) is 11.6 Å². The van der Waals surface area contributed by atoms with Crippen molar-refractivity contribution >= 4 is 11.8 Å². The molecule has 0 saturated carbocycles. The van der Waals surface area contributed by atoms with Gasteiger partial charge in [0.25, 0.3) is 5.91 Å². The highest BCUT2D eigenvalue weighted by atomic mass is 16.5. The molecule has 4 heterocycles. The van der Waals surface area contributed by atoms with Gasteiger partial charge in [0.1, 0.15) is 6.61 Å². The number of aromatic nitrogens is 4. The summed E-state index contributed by atoms with van der Waals surface area (Å²) < 4.78 is 7.26. The molecule has 0 aliphatic carbocycles. The van der Waals surface area contributed by atoms with E-state index in [1.807, 2.05) is 9.80 Å². The highest BCUT2D eigenvalue weighted by molar-refractivity contribution is 5.94. The number of ether oxygens (including phenoxy) is 1. The molecule has 0 bridgehead atoms. The smallest absolute Gasteiger partial charge is 0.253 e. The lowest BCUT2D eigenvalue weighted by Gasteiger charge is -2.37. The number of nitrogens with zero attached hydrogens (tertiary/aromatic N) is 6. The van der Waals surface area contributed by atoms with Crippen LogP contribution in [0.2, 0.25) is 0 Å². The van der Waals surface area contributed by atoms with Gasteiger partial charge in [0.15, 0.2) is 11.6 Å². The van der Waals surface area contributed by atoms with Gasteiger partial charge >= 0.3 is 0 Å². The average Bonchev–Trinajstić information content (AvgIpc) is 3.17. The number of rotatable bonds is 4. The Labute approximate surface area is 169 Å². The first-order chi connectivity index (χ1) is 14.1. The van der Waals surface area contributed by atoms with Crippen molar-refractivity contribution in [2.24, 2.45) is 5.92 Å². The topological polar surface area (TPSA) is 93.5 Å². The molecule has 9 nitrogen and oxygen atoms in total. The number of pyridine rings is 1. The summed E-state index contributed by atoms with van der Waals surface area (Å²) in [6.07, 6.45) is 4.61. The van der Waals surface area contributed by atoms with E-state index in [-0.39, 0.29) is 23.8 Å². The normalized spacial score (nSPS) is 19.9. The molecule has 4 rings (SSSR count). The number of carbonyl (C=O) groups excluding carboxylic acids is 2. The molecular formula is C20H26N6O3. The molecule has 1 fully saturated rings. The Kier molecular flexibility index (Phi) is 5.57. The highest BCUT2D eigenvalue weighted by Crippen LogP contribution is 2.27. The first-order valence-corrected chi connectivity index (χ1v) is 9.98. The molecule has 2 amide bonds. The van der Waals surface area contributed by atoms with Crippen LogP contribution >= 0.6 is 0 Å². The number of amides is 2. The van der Waals surface area contributed by atoms with Crippen LogP contribution in [0.4, 0.5) is 0 Å². The van der Waals surface area contributed by atoms with Gasteiger partial charge < -0.3 is 19.1 Å². The molecule has 29 heavy (non-hydrogen) atoms. The summed E-state index contributed by atoms with van der Waals surface area (Å²) >= 11 is 0. The van der Waals surface area contributed by atoms with Gasteiger partial charge in [-0.05, 0) is 31.9 Å². The molecule has 2 aliphatic rings. The second kappa shape index (κ2) is 8.28. The highest BCUT2D eigenvalue weighted by Gasteiger charge is 2.34. The van der Waals surface area contributed by atoms with Crippen molar-refractivity contribution in [1.29, 1.82) is 0 Å². The van der Waals surface area contributed by atoms with Crippen molar-refractivity contribution in [2.75, 3.05) is 26.7 Å². The number of carbonyl (C=O) groups is 2. The maximum absolute atomic E-state index is 13.1. The lowest BCUT2D eigenvalue weighted by atomic mass is 9.94. The lowest BCUT2D eigenvalue weighted by molar-refractivity contribution is -0.139. The molecule has 0 aromatic carbocycles. The first-order valence-electron chi connectivity index (χ1n) is 9.98. The van der Waals surface area contributed by atoms with E-state index in [4.69, 9.17) is 4.74 Å². The second-order valence-corrected chi connectivity index (χ2v) is 7.71. The van der Waals surface area contributed by atoms with Crippen molar-refractivity contribution in [3.05, 3.63) is 41.7 Å². The third-order valence-electron chi connectivity index (χ3n) is 5.74. The van der Waals surface area contributed by atoms with Crippen LogP contribution < -0.4 is 0 Å². The summed E-state index contributed by atoms with van der Waals surface area (Å²) in [7, 11) is 1.64. The van der Waals surface area contributed by atoms with Gasteiger partial charge in [-0.3, -0.25) is 14.6 Å². The molecular weight excluding hydrogens is 372 g/mol. The molecule has 1 saturated heterocycles. The summed E-state index contributed by atoms with van der Waals surface area (Å²) in [5.41, 5.74) is 0.640. The summed E-state index contributed by atoms with van der Waals surface area (Å²) in [5.74, 6) is 1.69. The van der Waals surface area contributed by atoms with Crippen LogP contribution in [0.1, 0.15) is 47.8 Å². The number of methoxy groups -OCH3 is 1. The number of hydrogen-bond acceptors (Lipinski definition) is 6. The Hall–Kier alpha value is -2.81. The molecule has 1 atom stereocenters. The Morgan fingerprint density at radius 3 is 2.55 bits per heavy atom. The monoisotopic (exact) mass is 398 g/mol. The fourth-order valence-corrected chi connectivity index (χ4v) is 4.27. The van der Waals surface area contributed by atoms with Crippen LogP contribution in [-0.2, 0) is 22.7 Å². The Morgan fingerprint density at radius 1 is 1.14 bits per heavy atom. The maximum atomic E-state index is 13.1. The SMILES string of the molecule is COCc1nnc2n1[C@@H](C)CN(C(=O)C1CCN(C(=O)c3ccncc3)CC1)C2. The zero-order valence-electron chi connectivity index (χ0n) is 16.8. The van der Waals surface area contributed by atoms with Gasteiger partial charge in [-0.15, -0.1) is 10.2 Å². The third kappa shape index (κ3) is 3.87. The minimum absolute atomic E-state index is 0.00340. The van der Waals surface area contributed by atoms with Gasteiger partial charge in [-0.25, -0.2) is 0 Å². The van der Waals surface area contributed by atoms with Crippen LogP contribution in [-0.4, -0.2) is 68.1 Å². The van der Waals surface area contributed by atoms with E-state index >= 15 is 0 Å². The van der Waals surface area contributed by atoms with Crippen molar-refractivity contribution < 1.29 is 14.3 Å². The Morgan fingerprint density at radius 2 is 1.86 bits per heavy atom. The van der Waals surface area contributed by atoms with E-state index in [0.29, 0.717) is 51.2 Å². The average molecular weight is 398 g/mol. The number of hydrogen-bond donors (Lipinski definition) is 0. The fraction of sp³-hybridized carbons (Fsp3) is 0.550. The predicted molar refractivity (Wildman–Crippen MR) is 104 cm³/mol. The summed E-state index contributed by atoms with van der Waals surface area (Å²) in [6, 6.07) is 3.56. The van der Waals surface area contributed by atoms with Crippen molar-refractivity contribution in [3.8, 4) is 0 Å². The maximum Gasteiger partial charge on any atom is 0.253 e. The molecule has 0 unspecified atom stereocenters. The minimum atomic E-state index is -0.0587. The van der Waals surface area contributed by atoms with Gasteiger partial charge in [0.05, 0.1) is 12.6 Å². The molecule has 2 aromatic heterocycles. The van der Waals surface area contributed by atoms with Gasteiger partial charge in [-0.2, -0.15) is 0 Å². The largest absolute Gasteiger partial charge is 0.377 e. The molecule has 9 heteroatoms. The number of likely N-dealkylation sites (tertiary alicyclic amines) is 1. The van der Waals surface area contributed by atoms with Crippen molar-refractivity contribution in [1.82, 2.24) is 29.5 Å². The zero-order valence-corrected chi connectivity index (χ0v) is 16.8. The third-order valence-corrected chi connectivity index (χ3v) is 5.74. The number of fused-ring (bicyclic) bond motifs is 1. The molecule has 0 radical (unpaired) electrons. The van der Waals surface area contributed by atoms with Crippen LogP contribution in [0.5, 0.6) is 0 Å². The quantitative estimate of drug-likeness (QED) is 0.770. The zero-order chi connectivity index (χ0) is 20.4. The molecule has 0 N–H and O–H groups in total.